The first-order valence-corrected chi connectivity index (χ1v) is 7.54. The summed E-state index contributed by atoms with van der Waals surface area (Å²) in [5.74, 6) is 1.78. The molecule has 0 radical (unpaired) electrons. The zero-order valence-electron chi connectivity index (χ0n) is 12.7. The van der Waals surface area contributed by atoms with Gasteiger partial charge in [-0.1, -0.05) is 6.07 Å². The molecule has 0 aliphatic rings. The number of halogens is 1. The molecule has 1 aromatic heterocycles. The van der Waals surface area contributed by atoms with E-state index in [-0.39, 0.29) is 6.04 Å². The Morgan fingerprint density at radius 3 is 2.52 bits per heavy atom. The highest BCUT2D eigenvalue weighted by atomic mass is 79.9. The second kappa shape index (κ2) is 6.80. The van der Waals surface area contributed by atoms with Gasteiger partial charge in [-0.3, -0.25) is 0 Å². The van der Waals surface area contributed by atoms with Crippen molar-refractivity contribution in [2.45, 2.75) is 13.0 Å². The molecule has 0 saturated heterocycles. The summed E-state index contributed by atoms with van der Waals surface area (Å²) in [6, 6.07) is 10.3. The highest BCUT2D eigenvalue weighted by Gasteiger charge is 2.09. The second-order valence-electron chi connectivity index (χ2n) is 5.06. The van der Waals surface area contributed by atoms with Crippen molar-refractivity contribution >= 4 is 27.4 Å². The van der Waals surface area contributed by atoms with E-state index in [2.05, 4.69) is 45.3 Å². The Kier molecular flexibility index (Phi) is 5.07. The van der Waals surface area contributed by atoms with Gasteiger partial charge in [-0.05, 0) is 52.7 Å². The van der Waals surface area contributed by atoms with Crippen LogP contribution in [-0.4, -0.2) is 26.2 Å². The molecule has 1 N–H and O–H groups in total. The van der Waals surface area contributed by atoms with Gasteiger partial charge in [-0.2, -0.15) is 0 Å². The number of anilines is 2. The first-order chi connectivity index (χ1) is 10.0. The van der Waals surface area contributed by atoms with Gasteiger partial charge < -0.3 is 15.0 Å². The molecular weight excluding hydrogens is 330 g/mol. The van der Waals surface area contributed by atoms with Crippen molar-refractivity contribution in [3.05, 3.63) is 46.6 Å². The first-order valence-electron chi connectivity index (χ1n) is 6.74. The molecule has 0 saturated carbocycles. The Morgan fingerprint density at radius 2 is 2.00 bits per heavy atom. The summed E-state index contributed by atoms with van der Waals surface area (Å²) >= 11 is 3.52. The predicted molar refractivity (Wildman–Crippen MR) is 91.3 cm³/mol. The molecule has 0 amide bonds. The number of nitrogens with zero attached hydrogens (tertiary/aromatic N) is 2. The first kappa shape index (κ1) is 15.6. The number of benzene rings is 1. The molecule has 0 aliphatic heterocycles. The van der Waals surface area contributed by atoms with Crippen LogP contribution in [0.3, 0.4) is 0 Å². The lowest BCUT2D eigenvalue weighted by molar-refractivity contribution is 0.412. The van der Waals surface area contributed by atoms with E-state index in [0.717, 1.165) is 21.7 Å². The molecule has 21 heavy (non-hydrogen) atoms. The lowest BCUT2D eigenvalue weighted by Gasteiger charge is -2.17. The summed E-state index contributed by atoms with van der Waals surface area (Å²) in [7, 11) is 5.62. The molecule has 1 unspecified atom stereocenters. The SMILES string of the molecule is COc1ccc(C(C)Nc2ccc(N(C)C)nc2)cc1Br. The van der Waals surface area contributed by atoms with Crippen LogP contribution in [0.1, 0.15) is 18.5 Å². The van der Waals surface area contributed by atoms with Gasteiger partial charge in [-0.25, -0.2) is 4.98 Å². The van der Waals surface area contributed by atoms with Gasteiger partial charge in [0, 0.05) is 20.1 Å². The summed E-state index contributed by atoms with van der Waals surface area (Å²) in [6.45, 7) is 2.12. The van der Waals surface area contributed by atoms with E-state index >= 15 is 0 Å². The summed E-state index contributed by atoms with van der Waals surface area (Å²) in [5, 5.41) is 3.45. The maximum atomic E-state index is 5.25. The molecule has 1 heterocycles. The standard InChI is InChI=1S/C16H20BrN3O/c1-11(12-5-7-15(21-4)14(17)9-12)19-13-6-8-16(18-10-13)20(2)3/h5-11,19H,1-4H3. The summed E-state index contributed by atoms with van der Waals surface area (Å²) in [5.41, 5.74) is 2.18. The number of nitrogens with one attached hydrogen (secondary N) is 1. The van der Waals surface area contributed by atoms with Crippen LogP contribution in [-0.2, 0) is 0 Å². The van der Waals surface area contributed by atoms with Gasteiger partial charge in [0.25, 0.3) is 0 Å². The lowest BCUT2D eigenvalue weighted by Crippen LogP contribution is -2.11. The monoisotopic (exact) mass is 349 g/mol. The van der Waals surface area contributed by atoms with Crippen LogP contribution in [0.15, 0.2) is 41.0 Å². The molecule has 0 fully saturated rings. The highest BCUT2D eigenvalue weighted by Crippen LogP contribution is 2.29. The van der Waals surface area contributed by atoms with Crippen LogP contribution in [0.2, 0.25) is 0 Å². The van der Waals surface area contributed by atoms with Crippen molar-refractivity contribution in [2.24, 2.45) is 0 Å². The van der Waals surface area contributed by atoms with Gasteiger partial charge in [0.15, 0.2) is 0 Å². The minimum absolute atomic E-state index is 0.180. The minimum atomic E-state index is 0.180. The van der Waals surface area contributed by atoms with Crippen molar-refractivity contribution in [3.63, 3.8) is 0 Å². The van der Waals surface area contributed by atoms with E-state index < -0.39 is 0 Å². The third-order valence-electron chi connectivity index (χ3n) is 3.27. The molecule has 0 spiro atoms. The Hall–Kier alpha value is -1.75. The van der Waals surface area contributed by atoms with Crippen LogP contribution in [0.5, 0.6) is 5.75 Å². The molecule has 2 aromatic rings. The summed E-state index contributed by atoms with van der Waals surface area (Å²) < 4.78 is 6.21. The number of pyridine rings is 1. The number of hydrogen-bond acceptors (Lipinski definition) is 4. The lowest BCUT2D eigenvalue weighted by atomic mass is 10.1. The minimum Gasteiger partial charge on any atom is -0.496 e. The van der Waals surface area contributed by atoms with E-state index in [4.69, 9.17) is 4.74 Å². The van der Waals surface area contributed by atoms with E-state index in [1.165, 1.54) is 5.56 Å². The average molecular weight is 350 g/mol. The van der Waals surface area contributed by atoms with Crippen LogP contribution in [0.4, 0.5) is 11.5 Å². The average Bonchev–Trinajstić information content (AvgIpc) is 2.47. The van der Waals surface area contributed by atoms with Gasteiger partial charge >= 0.3 is 0 Å². The number of aromatic nitrogens is 1. The van der Waals surface area contributed by atoms with E-state index in [1.807, 2.05) is 43.4 Å². The van der Waals surface area contributed by atoms with Crippen molar-refractivity contribution in [1.29, 1.82) is 0 Å². The van der Waals surface area contributed by atoms with Crippen molar-refractivity contribution in [2.75, 3.05) is 31.4 Å². The summed E-state index contributed by atoms with van der Waals surface area (Å²) in [6.07, 6.45) is 1.85. The maximum absolute atomic E-state index is 5.25. The van der Waals surface area contributed by atoms with Gasteiger partial charge in [0.2, 0.25) is 0 Å². The number of methoxy groups -OCH3 is 1. The molecule has 1 aromatic carbocycles. The Labute approximate surface area is 134 Å². The molecule has 2 rings (SSSR count). The van der Waals surface area contributed by atoms with Crippen molar-refractivity contribution in [1.82, 2.24) is 4.98 Å². The second-order valence-corrected chi connectivity index (χ2v) is 5.91. The van der Waals surface area contributed by atoms with Gasteiger partial charge in [0.1, 0.15) is 11.6 Å². The zero-order chi connectivity index (χ0) is 15.4. The Bertz CT molecular complexity index is 599. The van der Waals surface area contributed by atoms with E-state index in [0.29, 0.717) is 0 Å². The molecule has 1 atom stereocenters. The number of rotatable bonds is 5. The maximum Gasteiger partial charge on any atom is 0.133 e. The molecule has 0 bridgehead atoms. The normalized spacial score (nSPS) is 11.9. The Morgan fingerprint density at radius 1 is 1.24 bits per heavy atom. The molecule has 4 nitrogen and oxygen atoms in total. The summed E-state index contributed by atoms with van der Waals surface area (Å²) in [4.78, 5) is 6.38. The topological polar surface area (TPSA) is 37.4 Å². The number of ether oxygens (including phenoxy) is 1. The quantitative estimate of drug-likeness (QED) is 0.881. The fraction of sp³-hybridized carbons (Fsp3) is 0.312. The Balaban J connectivity index is 2.10. The smallest absolute Gasteiger partial charge is 0.133 e. The third-order valence-corrected chi connectivity index (χ3v) is 3.88. The fourth-order valence-electron chi connectivity index (χ4n) is 2.02. The number of hydrogen-bond donors (Lipinski definition) is 1. The van der Waals surface area contributed by atoms with Crippen LogP contribution < -0.4 is 15.0 Å². The zero-order valence-corrected chi connectivity index (χ0v) is 14.3. The molecular formula is C16H20BrN3O. The predicted octanol–water partition coefficient (Wildman–Crippen LogP) is 4.09. The van der Waals surface area contributed by atoms with E-state index in [9.17, 15) is 0 Å². The van der Waals surface area contributed by atoms with Crippen LogP contribution in [0, 0.1) is 0 Å². The molecule has 5 heteroatoms. The van der Waals surface area contributed by atoms with Gasteiger partial charge in [-0.15, -0.1) is 0 Å². The molecule has 0 aliphatic carbocycles. The van der Waals surface area contributed by atoms with Gasteiger partial charge in [0.05, 0.1) is 23.5 Å². The van der Waals surface area contributed by atoms with E-state index in [1.54, 1.807) is 7.11 Å². The van der Waals surface area contributed by atoms with Crippen LogP contribution >= 0.6 is 15.9 Å². The third kappa shape index (κ3) is 3.88. The largest absolute Gasteiger partial charge is 0.496 e. The van der Waals surface area contributed by atoms with Crippen molar-refractivity contribution < 1.29 is 4.74 Å². The fourth-order valence-corrected chi connectivity index (χ4v) is 2.58. The van der Waals surface area contributed by atoms with Crippen molar-refractivity contribution in [3.8, 4) is 5.75 Å². The molecule has 112 valence electrons. The van der Waals surface area contributed by atoms with Crippen LogP contribution in [0.25, 0.3) is 0 Å². The highest BCUT2D eigenvalue weighted by molar-refractivity contribution is 9.10.